The molecule has 0 saturated heterocycles. The second kappa shape index (κ2) is 6.57. The van der Waals surface area contributed by atoms with E-state index in [9.17, 15) is 4.39 Å². The molecule has 0 spiro atoms. The quantitative estimate of drug-likeness (QED) is 0.832. The van der Waals surface area contributed by atoms with Gasteiger partial charge in [-0.05, 0) is 32.9 Å². The van der Waals surface area contributed by atoms with Crippen LogP contribution in [0, 0.1) is 5.82 Å². The lowest BCUT2D eigenvalue weighted by molar-refractivity contribution is 0.0648. The molecule has 1 aromatic rings. The van der Waals surface area contributed by atoms with Crippen LogP contribution in [0.15, 0.2) is 18.2 Å². The number of hydrogen-bond acceptors (Lipinski definition) is 3. The second-order valence-electron chi connectivity index (χ2n) is 4.03. The van der Waals surface area contributed by atoms with Crippen LogP contribution in [0.5, 0.6) is 5.75 Å². The fraction of sp³-hybridized carbons (Fsp3) is 0.538. The van der Waals surface area contributed by atoms with Gasteiger partial charge in [0.2, 0.25) is 0 Å². The van der Waals surface area contributed by atoms with Crippen molar-refractivity contribution in [2.75, 3.05) is 13.2 Å². The predicted molar refractivity (Wildman–Crippen MR) is 65.6 cm³/mol. The first-order valence-corrected chi connectivity index (χ1v) is 5.84. The lowest BCUT2D eigenvalue weighted by Crippen LogP contribution is -2.21. The summed E-state index contributed by atoms with van der Waals surface area (Å²) in [5.74, 6) is 0.160. The van der Waals surface area contributed by atoms with Crippen molar-refractivity contribution in [3.63, 3.8) is 0 Å². The van der Waals surface area contributed by atoms with E-state index < -0.39 is 6.04 Å². The maximum absolute atomic E-state index is 13.6. The maximum atomic E-state index is 13.6. The lowest BCUT2D eigenvalue weighted by atomic mass is 10.1. The summed E-state index contributed by atoms with van der Waals surface area (Å²) in [6.07, 6.45) is -0.130. The Bertz CT molecular complexity index is 355. The highest BCUT2D eigenvalue weighted by atomic mass is 19.1. The molecule has 1 unspecified atom stereocenters. The summed E-state index contributed by atoms with van der Waals surface area (Å²) in [6, 6.07) is 4.33. The molecule has 0 heterocycles. The van der Waals surface area contributed by atoms with E-state index in [2.05, 4.69) is 0 Å². The van der Waals surface area contributed by atoms with Crippen molar-refractivity contribution in [3.05, 3.63) is 29.6 Å². The predicted octanol–water partition coefficient (Wildman–Crippen LogP) is 2.65. The van der Waals surface area contributed by atoms with Crippen molar-refractivity contribution in [3.8, 4) is 5.75 Å². The molecular formula is C13H20FNO2. The molecule has 1 aromatic carbocycles. The van der Waals surface area contributed by atoms with Crippen LogP contribution in [0.4, 0.5) is 4.39 Å². The van der Waals surface area contributed by atoms with Gasteiger partial charge in [0, 0.05) is 18.2 Å². The first-order chi connectivity index (χ1) is 8.06. The summed E-state index contributed by atoms with van der Waals surface area (Å²) in [5, 5.41) is 0. The van der Waals surface area contributed by atoms with Crippen LogP contribution in [0.25, 0.3) is 0 Å². The summed E-state index contributed by atoms with van der Waals surface area (Å²) in [7, 11) is 0. The molecule has 2 N–H and O–H groups in total. The normalized spacial score (nSPS) is 14.4. The summed E-state index contributed by atoms with van der Waals surface area (Å²) in [5.41, 5.74) is 6.15. The van der Waals surface area contributed by atoms with Gasteiger partial charge in [0.15, 0.2) is 0 Å². The molecule has 4 heteroatoms. The molecule has 17 heavy (non-hydrogen) atoms. The van der Waals surface area contributed by atoms with E-state index in [-0.39, 0.29) is 11.9 Å². The SMILES string of the molecule is CCOCC(C)Oc1cccc(F)c1[C@@H](C)N. The van der Waals surface area contributed by atoms with Crippen LogP contribution in [0.2, 0.25) is 0 Å². The number of ether oxygens (including phenoxy) is 2. The standard InChI is InChI=1S/C13H20FNO2/c1-4-16-8-9(2)17-12-7-5-6-11(14)13(12)10(3)15/h5-7,9-10H,4,8,15H2,1-3H3/t9?,10-/m1/s1. The number of benzene rings is 1. The molecule has 0 amide bonds. The van der Waals surface area contributed by atoms with E-state index in [4.69, 9.17) is 15.2 Å². The zero-order chi connectivity index (χ0) is 12.8. The van der Waals surface area contributed by atoms with E-state index in [1.165, 1.54) is 6.07 Å². The van der Waals surface area contributed by atoms with Gasteiger partial charge in [0.1, 0.15) is 17.7 Å². The maximum Gasteiger partial charge on any atom is 0.131 e. The zero-order valence-electron chi connectivity index (χ0n) is 10.6. The van der Waals surface area contributed by atoms with Gasteiger partial charge in [-0.15, -0.1) is 0 Å². The molecule has 2 atom stereocenters. The monoisotopic (exact) mass is 241 g/mol. The highest BCUT2D eigenvalue weighted by Gasteiger charge is 2.15. The summed E-state index contributed by atoms with van der Waals surface area (Å²) in [4.78, 5) is 0. The van der Waals surface area contributed by atoms with Gasteiger partial charge >= 0.3 is 0 Å². The lowest BCUT2D eigenvalue weighted by Gasteiger charge is -2.19. The summed E-state index contributed by atoms with van der Waals surface area (Å²) < 4.78 is 24.5. The highest BCUT2D eigenvalue weighted by Crippen LogP contribution is 2.27. The molecule has 0 aliphatic rings. The Morgan fingerprint density at radius 3 is 2.65 bits per heavy atom. The van der Waals surface area contributed by atoms with E-state index in [0.717, 1.165) is 0 Å². The molecule has 0 aliphatic heterocycles. The third kappa shape index (κ3) is 3.98. The van der Waals surface area contributed by atoms with Crippen molar-refractivity contribution in [2.24, 2.45) is 5.73 Å². The minimum Gasteiger partial charge on any atom is -0.488 e. The van der Waals surface area contributed by atoms with E-state index in [1.807, 2.05) is 13.8 Å². The van der Waals surface area contributed by atoms with Crippen molar-refractivity contribution >= 4 is 0 Å². The van der Waals surface area contributed by atoms with Crippen molar-refractivity contribution in [1.82, 2.24) is 0 Å². The zero-order valence-corrected chi connectivity index (χ0v) is 10.6. The largest absolute Gasteiger partial charge is 0.488 e. The van der Waals surface area contributed by atoms with E-state index in [0.29, 0.717) is 24.5 Å². The smallest absolute Gasteiger partial charge is 0.131 e. The molecular weight excluding hydrogens is 221 g/mol. The minimum atomic E-state index is -0.398. The molecule has 1 rings (SSSR count). The molecule has 0 aliphatic carbocycles. The van der Waals surface area contributed by atoms with Gasteiger partial charge in [-0.1, -0.05) is 6.07 Å². The van der Waals surface area contributed by atoms with Crippen LogP contribution in [-0.4, -0.2) is 19.3 Å². The van der Waals surface area contributed by atoms with Crippen molar-refractivity contribution < 1.29 is 13.9 Å². The Morgan fingerprint density at radius 2 is 2.06 bits per heavy atom. The Kier molecular flexibility index (Phi) is 5.38. The minimum absolute atomic E-state index is 0.130. The number of halogens is 1. The van der Waals surface area contributed by atoms with Crippen molar-refractivity contribution in [2.45, 2.75) is 32.9 Å². The Hall–Kier alpha value is -1.13. The van der Waals surface area contributed by atoms with Gasteiger partial charge in [-0.2, -0.15) is 0 Å². The third-order valence-corrected chi connectivity index (χ3v) is 2.35. The van der Waals surface area contributed by atoms with Crippen LogP contribution in [-0.2, 0) is 4.74 Å². The molecule has 96 valence electrons. The number of nitrogens with two attached hydrogens (primary N) is 1. The molecule has 0 aromatic heterocycles. The van der Waals surface area contributed by atoms with Gasteiger partial charge in [-0.3, -0.25) is 0 Å². The van der Waals surface area contributed by atoms with Gasteiger partial charge in [0.25, 0.3) is 0 Å². The fourth-order valence-electron chi connectivity index (χ4n) is 1.60. The molecule has 0 bridgehead atoms. The Balaban J connectivity index is 2.79. The van der Waals surface area contributed by atoms with E-state index >= 15 is 0 Å². The van der Waals surface area contributed by atoms with Gasteiger partial charge < -0.3 is 15.2 Å². The van der Waals surface area contributed by atoms with Crippen molar-refractivity contribution in [1.29, 1.82) is 0 Å². The van der Waals surface area contributed by atoms with E-state index in [1.54, 1.807) is 19.1 Å². The Labute approximate surface area is 102 Å². The Morgan fingerprint density at radius 1 is 1.35 bits per heavy atom. The van der Waals surface area contributed by atoms with Gasteiger partial charge in [-0.25, -0.2) is 4.39 Å². The fourth-order valence-corrected chi connectivity index (χ4v) is 1.60. The average Bonchev–Trinajstić information content (AvgIpc) is 2.25. The molecule has 0 fully saturated rings. The van der Waals surface area contributed by atoms with Gasteiger partial charge in [0.05, 0.1) is 6.61 Å². The van der Waals surface area contributed by atoms with Crippen LogP contribution >= 0.6 is 0 Å². The highest BCUT2D eigenvalue weighted by molar-refractivity contribution is 5.36. The second-order valence-corrected chi connectivity index (χ2v) is 4.03. The molecule has 0 saturated carbocycles. The molecule has 3 nitrogen and oxygen atoms in total. The summed E-state index contributed by atoms with van der Waals surface area (Å²) >= 11 is 0. The first-order valence-electron chi connectivity index (χ1n) is 5.84. The summed E-state index contributed by atoms with van der Waals surface area (Å²) in [6.45, 7) is 6.65. The van der Waals surface area contributed by atoms with Crippen LogP contribution in [0.1, 0.15) is 32.4 Å². The number of hydrogen-bond donors (Lipinski definition) is 1. The molecule has 0 radical (unpaired) electrons. The number of rotatable bonds is 6. The van der Waals surface area contributed by atoms with Crippen LogP contribution in [0.3, 0.4) is 0 Å². The van der Waals surface area contributed by atoms with Crippen LogP contribution < -0.4 is 10.5 Å². The third-order valence-electron chi connectivity index (χ3n) is 2.35. The average molecular weight is 241 g/mol. The topological polar surface area (TPSA) is 44.5 Å². The first kappa shape index (κ1) is 13.9.